The van der Waals surface area contributed by atoms with Gasteiger partial charge < -0.3 is 0 Å². The van der Waals surface area contributed by atoms with Crippen molar-refractivity contribution in [2.45, 2.75) is 25.0 Å². The number of rotatable bonds is 4. The number of nitrogens with zero attached hydrogens (tertiary/aromatic N) is 2. The molecule has 1 aliphatic rings. The monoisotopic (exact) mass is 364 g/mol. The van der Waals surface area contributed by atoms with Crippen LogP contribution in [0.4, 0.5) is 0 Å². The van der Waals surface area contributed by atoms with Gasteiger partial charge in [-0.3, -0.25) is 9.88 Å². The van der Waals surface area contributed by atoms with E-state index in [4.69, 9.17) is 0 Å². The summed E-state index contributed by atoms with van der Waals surface area (Å²) >= 11 is 2.49. The normalized spacial score (nSPS) is 23.0. The highest BCUT2D eigenvalue weighted by molar-refractivity contribution is 14.1. The zero-order valence-electron chi connectivity index (χ0n) is 10.7. The molecule has 3 rings (SSSR count). The summed E-state index contributed by atoms with van der Waals surface area (Å²) < 4.78 is 1.20. The van der Waals surface area contributed by atoms with Gasteiger partial charge in [-0.05, 0) is 23.6 Å². The van der Waals surface area contributed by atoms with Gasteiger partial charge in [-0.15, -0.1) is 0 Å². The van der Waals surface area contributed by atoms with Crippen molar-refractivity contribution < 1.29 is 0 Å². The number of hydrogen-bond acceptors (Lipinski definition) is 2. The maximum absolute atomic E-state index is 4.25. The Balaban J connectivity index is 1.76. The molecule has 0 N–H and O–H groups in total. The third-order valence-electron chi connectivity index (χ3n) is 3.82. The Labute approximate surface area is 128 Å². The topological polar surface area (TPSA) is 16.1 Å². The van der Waals surface area contributed by atoms with Crippen molar-refractivity contribution in [2.75, 3.05) is 4.43 Å². The lowest BCUT2D eigenvalue weighted by Crippen LogP contribution is -2.50. The van der Waals surface area contributed by atoms with Gasteiger partial charge in [0.25, 0.3) is 0 Å². The number of benzene rings is 1. The maximum Gasteiger partial charge on any atom is 0.0385 e. The average molecular weight is 364 g/mol. The van der Waals surface area contributed by atoms with Crippen LogP contribution < -0.4 is 0 Å². The fourth-order valence-electron chi connectivity index (χ4n) is 2.73. The molecule has 0 aliphatic carbocycles. The molecule has 2 nitrogen and oxygen atoms in total. The Hall–Kier alpha value is -0.940. The van der Waals surface area contributed by atoms with Crippen LogP contribution in [0, 0.1) is 0 Å². The number of pyridine rings is 1. The van der Waals surface area contributed by atoms with E-state index >= 15 is 0 Å². The van der Waals surface area contributed by atoms with E-state index < -0.39 is 0 Å². The highest BCUT2D eigenvalue weighted by atomic mass is 127. The van der Waals surface area contributed by atoms with Gasteiger partial charge in [0, 0.05) is 35.4 Å². The van der Waals surface area contributed by atoms with Gasteiger partial charge in [0.1, 0.15) is 0 Å². The van der Waals surface area contributed by atoms with Crippen molar-refractivity contribution in [1.29, 1.82) is 0 Å². The molecule has 0 radical (unpaired) electrons. The summed E-state index contributed by atoms with van der Waals surface area (Å²) in [6.07, 6.45) is 5.10. The van der Waals surface area contributed by atoms with Crippen molar-refractivity contribution in [3.8, 4) is 0 Å². The maximum atomic E-state index is 4.25. The number of halogens is 1. The van der Waals surface area contributed by atoms with Gasteiger partial charge in [-0.2, -0.15) is 0 Å². The highest BCUT2D eigenvalue weighted by Crippen LogP contribution is 2.40. The number of aromatic nitrogens is 1. The van der Waals surface area contributed by atoms with Gasteiger partial charge in [-0.1, -0.05) is 59.0 Å². The van der Waals surface area contributed by atoms with Crippen molar-refractivity contribution >= 4 is 22.6 Å². The predicted octanol–water partition coefficient (Wildman–Crippen LogP) is 3.83. The number of hydrogen-bond donors (Lipinski definition) is 0. The molecule has 2 heterocycles. The molecule has 1 saturated heterocycles. The van der Waals surface area contributed by atoms with Crippen LogP contribution in [0.15, 0.2) is 54.9 Å². The van der Waals surface area contributed by atoms with Crippen LogP contribution in [0.25, 0.3) is 0 Å². The van der Waals surface area contributed by atoms with Crippen LogP contribution in [0.1, 0.15) is 23.6 Å². The smallest absolute Gasteiger partial charge is 0.0385 e. The van der Waals surface area contributed by atoms with Crippen LogP contribution in [-0.2, 0) is 6.54 Å². The van der Waals surface area contributed by atoms with Gasteiger partial charge in [0.15, 0.2) is 0 Å². The molecule has 2 atom stereocenters. The molecule has 1 fully saturated rings. The zero-order chi connectivity index (χ0) is 13.1. The van der Waals surface area contributed by atoms with Gasteiger partial charge >= 0.3 is 0 Å². The number of likely N-dealkylation sites (tertiary alicyclic amines) is 1. The van der Waals surface area contributed by atoms with Crippen molar-refractivity contribution in [3.63, 3.8) is 0 Å². The predicted molar refractivity (Wildman–Crippen MR) is 86.3 cm³/mol. The van der Waals surface area contributed by atoms with E-state index in [0.29, 0.717) is 12.1 Å². The summed E-state index contributed by atoms with van der Waals surface area (Å²) in [5.74, 6) is 0. The summed E-state index contributed by atoms with van der Waals surface area (Å²) in [6.45, 7) is 1.04. The molecule has 0 bridgehead atoms. The lowest BCUT2D eigenvalue weighted by atomic mass is 9.88. The fraction of sp³-hybridized carbons (Fsp3) is 0.312. The number of alkyl halides is 1. The largest absolute Gasteiger partial charge is 0.288 e. The molecule has 1 aromatic heterocycles. The molecule has 19 heavy (non-hydrogen) atoms. The van der Waals surface area contributed by atoms with Gasteiger partial charge in [0.05, 0.1) is 0 Å². The van der Waals surface area contributed by atoms with Crippen molar-refractivity contribution in [3.05, 3.63) is 66.0 Å². The van der Waals surface area contributed by atoms with E-state index in [1.807, 2.05) is 18.5 Å². The molecule has 1 aliphatic heterocycles. The first-order valence-corrected chi connectivity index (χ1v) is 8.16. The molecule has 0 amide bonds. The molecule has 98 valence electrons. The molecule has 3 heteroatoms. The van der Waals surface area contributed by atoms with E-state index in [0.717, 1.165) is 6.54 Å². The zero-order valence-corrected chi connectivity index (χ0v) is 12.9. The summed E-state index contributed by atoms with van der Waals surface area (Å²) in [5, 5.41) is 0. The van der Waals surface area contributed by atoms with Crippen LogP contribution in [-0.4, -0.2) is 20.4 Å². The van der Waals surface area contributed by atoms with Crippen LogP contribution in [0.3, 0.4) is 0 Å². The first-order chi connectivity index (χ1) is 9.38. The van der Waals surface area contributed by atoms with E-state index in [1.165, 1.54) is 22.0 Å². The van der Waals surface area contributed by atoms with E-state index in [-0.39, 0.29) is 0 Å². The first kappa shape index (κ1) is 13.1. The molecular weight excluding hydrogens is 347 g/mol. The van der Waals surface area contributed by atoms with E-state index in [1.54, 1.807) is 0 Å². The third kappa shape index (κ3) is 2.82. The molecule has 0 saturated carbocycles. The minimum Gasteiger partial charge on any atom is -0.288 e. The summed E-state index contributed by atoms with van der Waals surface area (Å²) in [7, 11) is 0. The van der Waals surface area contributed by atoms with Crippen LogP contribution in [0.5, 0.6) is 0 Å². The van der Waals surface area contributed by atoms with Crippen molar-refractivity contribution in [1.82, 2.24) is 9.88 Å². The van der Waals surface area contributed by atoms with Crippen LogP contribution in [0.2, 0.25) is 0 Å². The summed E-state index contributed by atoms with van der Waals surface area (Å²) in [4.78, 5) is 6.85. The Bertz CT molecular complexity index is 515. The molecule has 0 spiro atoms. The molecule has 0 unspecified atom stereocenters. The molecule has 1 aromatic carbocycles. The minimum atomic E-state index is 0.536. The second kappa shape index (κ2) is 6.01. The summed E-state index contributed by atoms with van der Waals surface area (Å²) in [5.41, 5.74) is 2.74. The molecular formula is C16H17IN2. The average Bonchev–Trinajstić information content (AvgIpc) is 2.46. The van der Waals surface area contributed by atoms with Crippen LogP contribution >= 0.6 is 22.6 Å². The van der Waals surface area contributed by atoms with E-state index in [2.05, 4.69) is 68.9 Å². The second-order valence-electron chi connectivity index (χ2n) is 5.00. The van der Waals surface area contributed by atoms with Crippen molar-refractivity contribution in [2.24, 2.45) is 0 Å². The Morgan fingerprint density at radius 1 is 1.16 bits per heavy atom. The first-order valence-electron chi connectivity index (χ1n) is 6.64. The lowest BCUT2D eigenvalue weighted by Gasteiger charge is -2.48. The summed E-state index contributed by atoms with van der Waals surface area (Å²) in [6, 6.07) is 16.2. The third-order valence-corrected chi connectivity index (χ3v) is 4.84. The fourth-order valence-corrected chi connectivity index (χ4v) is 3.60. The minimum absolute atomic E-state index is 0.536. The Morgan fingerprint density at radius 3 is 2.68 bits per heavy atom. The Morgan fingerprint density at radius 2 is 2.00 bits per heavy atom. The standard InChI is InChI=1S/C16H17IN2/c17-10-15-9-16(14-7-4-8-18-11-14)19(15)12-13-5-2-1-3-6-13/h1-8,11,15-16H,9-10,12H2/t15-,16+/m0/s1. The second-order valence-corrected chi connectivity index (χ2v) is 5.88. The highest BCUT2D eigenvalue weighted by Gasteiger charge is 2.38. The molecule has 2 aromatic rings. The van der Waals surface area contributed by atoms with E-state index in [9.17, 15) is 0 Å². The van der Waals surface area contributed by atoms with Gasteiger partial charge in [0.2, 0.25) is 0 Å². The lowest BCUT2D eigenvalue weighted by molar-refractivity contribution is 0.0209. The van der Waals surface area contributed by atoms with Gasteiger partial charge in [-0.25, -0.2) is 0 Å². The quantitative estimate of drug-likeness (QED) is 0.606. The SMILES string of the molecule is IC[C@@H]1C[C@H](c2cccnc2)N1Cc1ccccc1. The Kier molecular flexibility index (Phi) is 4.13.